The SMILES string of the molecule is COCCN(Cc1csc(COc2ccc(C)cc2)n1)C(=O)c1ccc(OC)cc1. The summed E-state index contributed by atoms with van der Waals surface area (Å²) in [6.07, 6.45) is 0. The summed E-state index contributed by atoms with van der Waals surface area (Å²) in [5, 5.41) is 2.84. The number of thiazole rings is 1. The van der Waals surface area contributed by atoms with Crippen LogP contribution in [0.3, 0.4) is 0 Å². The standard InChI is InChI=1S/C23H26N2O4S/c1-17-4-8-21(9-5-17)29-15-22-24-19(16-30-22)14-25(12-13-27-2)23(26)18-6-10-20(28-3)11-7-18/h4-11,16H,12-15H2,1-3H3. The Labute approximate surface area is 181 Å². The van der Waals surface area contributed by atoms with Gasteiger partial charge in [-0.15, -0.1) is 11.3 Å². The van der Waals surface area contributed by atoms with E-state index >= 15 is 0 Å². The maximum absolute atomic E-state index is 13.0. The number of aryl methyl sites for hydroxylation is 1. The van der Waals surface area contributed by atoms with Crippen LogP contribution in [-0.2, 0) is 17.9 Å². The Kier molecular flexibility index (Phi) is 7.82. The van der Waals surface area contributed by atoms with E-state index in [-0.39, 0.29) is 5.91 Å². The molecule has 1 heterocycles. The maximum atomic E-state index is 13.0. The van der Waals surface area contributed by atoms with Gasteiger partial charge in [-0.3, -0.25) is 4.79 Å². The molecule has 0 saturated heterocycles. The molecule has 158 valence electrons. The fourth-order valence-electron chi connectivity index (χ4n) is 2.83. The number of carbonyl (C=O) groups is 1. The van der Waals surface area contributed by atoms with Crippen LogP contribution in [0, 0.1) is 6.92 Å². The number of amides is 1. The molecule has 0 aliphatic carbocycles. The van der Waals surface area contributed by atoms with Gasteiger partial charge in [0.25, 0.3) is 5.91 Å². The van der Waals surface area contributed by atoms with E-state index in [1.54, 1.807) is 43.4 Å². The van der Waals surface area contributed by atoms with Crippen LogP contribution < -0.4 is 9.47 Å². The summed E-state index contributed by atoms with van der Waals surface area (Å²) < 4.78 is 16.2. The number of benzene rings is 2. The van der Waals surface area contributed by atoms with Crippen LogP contribution >= 0.6 is 11.3 Å². The quantitative estimate of drug-likeness (QED) is 0.483. The predicted octanol–water partition coefficient (Wildman–Crippen LogP) is 4.33. The lowest BCUT2D eigenvalue weighted by molar-refractivity contribution is 0.0678. The molecule has 1 aromatic heterocycles. The second kappa shape index (κ2) is 10.8. The summed E-state index contributed by atoms with van der Waals surface area (Å²) in [6.45, 7) is 3.79. The summed E-state index contributed by atoms with van der Waals surface area (Å²) in [7, 11) is 3.23. The van der Waals surface area contributed by atoms with Crippen molar-refractivity contribution in [2.75, 3.05) is 27.4 Å². The first-order valence-electron chi connectivity index (χ1n) is 9.64. The Hall–Kier alpha value is -2.90. The lowest BCUT2D eigenvalue weighted by Crippen LogP contribution is -2.33. The van der Waals surface area contributed by atoms with Crippen LogP contribution in [0.1, 0.15) is 26.6 Å². The van der Waals surface area contributed by atoms with E-state index in [0.717, 1.165) is 16.5 Å². The van der Waals surface area contributed by atoms with Gasteiger partial charge in [-0.05, 0) is 43.3 Å². The molecular weight excluding hydrogens is 400 g/mol. The summed E-state index contributed by atoms with van der Waals surface area (Å²) in [5.41, 5.74) is 2.63. The van der Waals surface area contributed by atoms with Gasteiger partial charge < -0.3 is 19.1 Å². The van der Waals surface area contributed by atoms with Gasteiger partial charge in [0.2, 0.25) is 0 Å². The zero-order valence-corrected chi connectivity index (χ0v) is 18.3. The molecule has 0 atom stereocenters. The molecular formula is C23H26N2O4S. The van der Waals surface area contributed by atoms with Gasteiger partial charge in [-0.2, -0.15) is 0 Å². The maximum Gasteiger partial charge on any atom is 0.254 e. The van der Waals surface area contributed by atoms with Gasteiger partial charge in [0, 0.05) is 24.6 Å². The summed E-state index contributed by atoms with van der Waals surface area (Å²) in [5.74, 6) is 1.46. The second-order valence-electron chi connectivity index (χ2n) is 6.78. The molecule has 0 bridgehead atoms. The minimum atomic E-state index is -0.0693. The largest absolute Gasteiger partial charge is 0.497 e. The molecule has 30 heavy (non-hydrogen) atoms. The first kappa shape index (κ1) is 21.8. The van der Waals surface area contributed by atoms with Crippen LogP contribution in [0.5, 0.6) is 11.5 Å². The highest BCUT2D eigenvalue weighted by atomic mass is 32.1. The van der Waals surface area contributed by atoms with Crippen molar-refractivity contribution >= 4 is 17.2 Å². The molecule has 3 rings (SSSR count). The topological polar surface area (TPSA) is 60.9 Å². The van der Waals surface area contributed by atoms with Gasteiger partial charge in [0.15, 0.2) is 0 Å². The minimum Gasteiger partial charge on any atom is -0.497 e. The number of nitrogens with zero attached hydrogens (tertiary/aromatic N) is 2. The van der Waals surface area contributed by atoms with Crippen molar-refractivity contribution in [3.63, 3.8) is 0 Å². The third-order valence-corrected chi connectivity index (χ3v) is 5.40. The van der Waals surface area contributed by atoms with Crippen molar-refractivity contribution in [1.82, 2.24) is 9.88 Å². The summed E-state index contributed by atoms with van der Waals surface area (Å²) in [6, 6.07) is 15.0. The molecule has 3 aromatic rings. The van der Waals surface area contributed by atoms with Crippen molar-refractivity contribution in [3.05, 3.63) is 75.7 Å². The predicted molar refractivity (Wildman–Crippen MR) is 117 cm³/mol. The first-order chi connectivity index (χ1) is 14.6. The number of hydrogen-bond acceptors (Lipinski definition) is 6. The molecule has 0 radical (unpaired) electrons. The van der Waals surface area contributed by atoms with E-state index in [1.807, 2.05) is 36.6 Å². The number of ether oxygens (including phenoxy) is 3. The molecule has 7 heteroatoms. The van der Waals surface area contributed by atoms with Crippen molar-refractivity contribution in [2.24, 2.45) is 0 Å². The number of hydrogen-bond donors (Lipinski definition) is 0. The molecule has 0 unspecified atom stereocenters. The normalized spacial score (nSPS) is 10.6. The van der Waals surface area contributed by atoms with Crippen molar-refractivity contribution in [1.29, 1.82) is 0 Å². The molecule has 0 saturated carbocycles. The number of rotatable bonds is 10. The third-order valence-electron chi connectivity index (χ3n) is 4.52. The Morgan fingerprint density at radius 1 is 1.03 bits per heavy atom. The lowest BCUT2D eigenvalue weighted by Gasteiger charge is -2.21. The van der Waals surface area contributed by atoms with Crippen LogP contribution in [-0.4, -0.2) is 43.2 Å². The molecule has 0 spiro atoms. The molecule has 6 nitrogen and oxygen atoms in total. The number of carbonyl (C=O) groups excluding carboxylic acids is 1. The van der Waals surface area contributed by atoms with E-state index in [9.17, 15) is 4.79 Å². The summed E-state index contributed by atoms with van der Waals surface area (Å²) in [4.78, 5) is 19.4. The lowest BCUT2D eigenvalue weighted by atomic mass is 10.2. The highest BCUT2D eigenvalue weighted by molar-refractivity contribution is 7.09. The fraction of sp³-hybridized carbons (Fsp3) is 0.304. The highest BCUT2D eigenvalue weighted by Crippen LogP contribution is 2.18. The van der Waals surface area contributed by atoms with Crippen LogP contribution in [0.2, 0.25) is 0 Å². The molecule has 0 fully saturated rings. The zero-order chi connectivity index (χ0) is 21.3. The Morgan fingerprint density at radius 2 is 1.73 bits per heavy atom. The van der Waals surface area contributed by atoms with Gasteiger partial charge in [0.05, 0.1) is 26.0 Å². The summed E-state index contributed by atoms with van der Waals surface area (Å²) >= 11 is 1.53. The van der Waals surface area contributed by atoms with Crippen molar-refractivity contribution < 1.29 is 19.0 Å². The molecule has 0 aliphatic rings. The first-order valence-corrected chi connectivity index (χ1v) is 10.5. The van der Waals surface area contributed by atoms with Crippen LogP contribution in [0.25, 0.3) is 0 Å². The van der Waals surface area contributed by atoms with Gasteiger partial charge in [0.1, 0.15) is 23.1 Å². The number of aromatic nitrogens is 1. The number of methoxy groups -OCH3 is 2. The van der Waals surface area contributed by atoms with Crippen LogP contribution in [0.15, 0.2) is 53.9 Å². The average molecular weight is 427 g/mol. The second-order valence-corrected chi connectivity index (χ2v) is 7.72. The van der Waals surface area contributed by atoms with E-state index in [2.05, 4.69) is 4.98 Å². The van der Waals surface area contributed by atoms with Gasteiger partial charge in [-0.25, -0.2) is 4.98 Å². The van der Waals surface area contributed by atoms with Gasteiger partial charge >= 0.3 is 0 Å². The van der Waals surface area contributed by atoms with E-state index in [4.69, 9.17) is 14.2 Å². The van der Waals surface area contributed by atoms with E-state index in [1.165, 1.54) is 16.9 Å². The zero-order valence-electron chi connectivity index (χ0n) is 17.5. The van der Waals surface area contributed by atoms with Crippen molar-refractivity contribution in [2.45, 2.75) is 20.1 Å². The minimum absolute atomic E-state index is 0.0693. The van der Waals surface area contributed by atoms with E-state index < -0.39 is 0 Å². The monoisotopic (exact) mass is 426 g/mol. The molecule has 1 amide bonds. The van der Waals surface area contributed by atoms with E-state index in [0.29, 0.717) is 37.6 Å². The molecule has 2 aromatic carbocycles. The fourth-order valence-corrected chi connectivity index (χ4v) is 3.53. The van der Waals surface area contributed by atoms with Crippen LogP contribution in [0.4, 0.5) is 0 Å². The molecule has 0 aliphatic heterocycles. The highest BCUT2D eigenvalue weighted by Gasteiger charge is 2.18. The van der Waals surface area contributed by atoms with Gasteiger partial charge in [-0.1, -0.05) is 17.7 Å². The third kappa shape index (κ3) is 6.05. The Bertz CT molecular complexity index is 939. The van der Waals surface area contributed by atoms with Crippen molar-refractivity contribution in [3.8, 4) is 11.5 Å². The smallest absolute Gasteiger partial charge is 0.254 e. The average Bonchev–Trinajstić information content (AvgIpc) is 3.23. The molecule has 0 N–H and O–H groups in total. The Morgan fingerprint density at radius 3 is 2.40 bits per heavy atom. The Balaban J connectivity index is 1.64.